The van der Waals surface area contributed by atoms with Gasteiger partial charge >= 0.3 is 6.18 Å². The van der Waals surface area contributed by atoms with Crippen LogP contribution in [0.4, 0.5) is 17.6 Å². The Balaban J connectivity index is 1.33. The number of fused-ring (bicyclic) bond motifs is 2. The zero-order chi connectivity index (χ0) is 31.7. The Bertz CT molecular complexity index is 1930. The van der Waals surface area contributed by atoms with Crippen LogP contribution in [0.5, 0.6) is 0 Å². The Kier molecular flexibility index (Phi) is 7.07. The van der Waals surface area contributed by atoms with Crippen LogP contribution in [0.3, 0.4) is 0 Å². The van der Waals surface area contributed by atoms with E-state index in [9.17, 15) is 30.8 Å². The molecule has 0 amide bonds. The Morgan fingerprint density at radius 3 is 2.53 bits per heavy atom. The number of aromatic nitrogens is 6. The molecule has 1 aliphatic heterocycles. The van der Waals surface area contributed by atoms with Gasteiger partial charge in [0.15, 0.2) is 5.01 Å². The molecular weight excluding hydrogens is 638 g/mol. The van der Waals surface area contributed by atoms with Gasteiger partial charge in [0.2, 0.25) is 10.8 Å². The van der Waals surface area contributed by atoms with Crippen LogP contribution in [0, 0.1) is 11.2 Å². The van der Waals surface area contributed by atoms with E-state index in [1.165, 1.54) is 27.3 Å². The number of hydrogen-bond donors (Lipinski definition) is 0. The Morgan fingerprint density at radius 2 is 1.91 bits per heavy atom. The molecule has 0 spiro atoms. The molecule has 3 aromatic heterocycles. The highest BCUT2D eigenvalue weighted by Gasteiger charge is 2.54. The first-order valence-electron chi connectivity index (χ1n) is 14.0. The molecule has 0 unspecified atom stereocenters. The number of hydrogen-bond acceptors (Lipinski definition) is 9. The number of allylic oxidation sites excluding steroid dienone is 1. The Morgan fingerprint density at radius 1 is 1.16 bits per heavy atom. The van der Waals surface area contributed by atoms with Crippen molar-refractivity contribution in [1.29, 1.82) is 0 Å². The highest BCUT2D eigenvalue weighted by atomic mass is 32.2. The zero-order valence-electron chi connectivity index (χ0n) is 23.6. The molecule has 2 aliphatic carbocycles. The normalized spacial score (nSPS) is 22.1. The predicted molar refractivity (Wildman–Crippen MR) is 151 cm³/mol. The van der Waals surface area contributed by atoms with Gasteiger partial charge in [0.1, 0.15) is 10.7 Å². The second-order valence-corrected chi connectivity index (χ2v) is 14.2. The number of alkyl halides is 3. The highest BCUT2D eigenvalue weighted by molar-refractivity contribution is 7.89. The number of Topliss-reactive ketones (excluding diaryl/α,β-unsaturated/α-hetero) is 1. The number of thiazole rings is 1. The molecule has 1 saturated heterocycles. The van der Waals surface area contributed by atoms with E-state index in [0.29, 0.717) is 35.1 Å². The van der Waals surface area contributed by atoms with E-state index in [4.69, 9.17) is 4.74 Å². The maximum absolute atomic E-state index is 14.4. The zero-order valence-corrected chi connectivity index (χ0v) is 25.2. The molecule has 1 saturated carbocycles. The summed E-state index contributed by atoms with van der Waals surface area (Å²) in [5.41, 5.74) is 1.13. The first-order valence-corrected chi connectivity index (χ1v) is 16.2. The molecule has 4 heterocycles. The average molecular weight is 664 g/mol. The third kappa shape index (κ3) is 5.01. The second kappa shape index (κ2) is 10.6. The summed E-state index contributed by atoms with van der Waals surface area (Å²) >= 11 is 0.272. The number of carbonyl (C=O) groups excluding carboxylic acids is 1. The fourth-order valence-corrected chi connectivity index (χ4v) is 8.97. The van der Waals surface area contributed by atoms with E-state index in [2.05, 4.69) is 20.4 Å². The lowest BCUT2D eigenvalue weighted by molar-refractivity contribution is -0.134. The third-order valence-electron chi connectivity index (χ3n) is 8.58. The van der Waals surface area contributed by atoms with Gasteiger partial charge in [-0.15, -0.1) is 16.4 Å². The monoisotopic (exact) mass is 663 g/mol. The largest absolute Gasteiger partial charge is 0.427 e. The summed E-state index contributed by atoms with van der Waals surface area (Å²) in [5, 5.41) is 11.5. The van der Waals surface area contributed by atoms with Crippen LogP contribution < -0.4 is 0 Å². The first-order chi connectivity index (χ1) is 21.4. The summed E-state index contributed by atoms with van der Waals surface area (Å²) in [6.07, 6.45) is 1.31. The number of benzene rings is 1. The molecule has 7 rings (SSSR count). The number of aryl methyl sites for hydroxylation is 1. The Labute approximate surface area is 258 Å². The molecule has 236 valence electrons. The van der Waals surface area contributed by atoms with Crippen LogP contribution in [0.1, 0.15) is 45.2 Å². The predicted octanol–water partition coefficient (Wildman–Crippen LogP) is 4.07. The lowest BCUT2D eigenvalue weighted by Crippen LogP contribution is -2.59. The molecule has 17 heteroatoms. The van der Waals surface area contributed by atoms with Gasteiger partial charge in [-0.3, -0.25) is 9.48 Å². The minimum Gasteiger partial charge on any atom is -0.378 e. The Hall–Kier alpha value is -3.80. The van der Waals surface area contributed by atoms with Crippen molar-refractivity contribution < 1.29 is 35.5 Å². The van der Waals surface area contributed by atoms with Gasteiger partial charge in [-0.05, 0) is 61.6 Å². The van der Waals surface area contributed by atoms with Crippen molar-refractivity contribution in [2.75, 3.05) is 13.2 Å². The van der Waals surface area contributed by atoms with Gasteiger partial charge in [0.25, 0.3) is 10.0 Å². The van der Waals surface area contributed by atoms with Crippen molar-refractivity contribution in [3.05, 3.63) is 75.4 Å². The van der Waals surface area contributed by atoms with Crippen LogP contribution in [-0.4, -0.2) is 73.6 Å². The summed E-state index contributed by atoms with van der Waals surface area (Å²) in [4.78, 5) is 17.3. The van der Waals surface area contributed by atoms with Gasteiger partial charge in [-0.25, -0.2) is 22.5 Å². The molecule has 2 fully saturated rings. The summed E-state index contributed by atoms with van der Waals surface area (Å²) in [6.45, 7) is 0.297. The topological polar surface area (TPSA) is 125 Å². The highest BCUT2D eigenvalue weighted by Crippen LogP contribution is 2.52. The van der Waals surface area contributed by atoms with Gasteiger partial charge < -0.3 is 4.74 Å². The SMILES string of the molecule is Cn1cc(S(=O)(=O)N(C2COC2)[C@H]2CCC3=Cc4c(cnn4-c4ccc(F)cc4)C[C@]3(C(=O)c3ncc(C(F)(F)F)s3)C2)nn1. The van der Waals surface area contributed by atoms with Crippen molar-refractivity contribution >= 4 is 33.2 Å². The van der Waals surface area contributed by atoms with E-state index in [-0.39, 0.29) is 53.8 Å². The maximum atomic E-state index is 14.4. The van der Waals surface area contributed by atoms with Crippen molar-refractivity contribution in [3.8, 4) is 5.69 Å². The fraction of sp³-hybridized carbons (Fsp3) is 0.393. The number of carbonyl (C=O) groups is 1. The smallest absolute Gasteiger partial charge is 0.378 e. The van der Waals surface area contributed by atoms with Gasteiger partial charge in [-0.1, -0.05) is 10.8 Å². The van der Waals surface area contributed by atoms with E-state index in [1.807, 2.05) is 0 Å². The first kappa shape index (κ1) is 29.9. The van der Waals surface area contributed by atoms with Gasteiger partial charge in [-0.2, -0.15) is 22.6 Å². The molecule has 0 N–H and O–H groups in total. The molecule has 0 radical (unpaired) electrons. The summed E-state index contributed by atoms with van der Waals surface area (Å²) in [7, 11) is -2.64. The van der Waals surface area contributed by atoms with E-state index < -0.39 is 50.2 Å². The molecule has 2 atom stereocenters. The molecular formula is C28H25F4N7O4S2. The van der Waals surface area contributed by atoms with Crippen LogP contribution in [0.25, 0.3) is 11.8 Å². The number of ketones is 1. The molecule has 3 aliphatic rings. The van der Waals surface area contributed by atoms with Crippen LogP contribution in [0.15, 0.2) is 53.5 Å². The molecule has 45 heavy (non-hydrogen) atoms. The summed E-state index contributed by atoms with van der Waals surface area (Å²) < 4.78 is 91.7. The quantitative estimate of drug-likeness (QED) is 0.214. The van der Waals surface area contributed by atoms with Crippen LogP contribution in [-0.2, 0) is 34.4 Å². The van der Waals surface area contributed by atoms with E-state index in [1.54, 1.807) is 36.1 Å². The van der Waals surface area contributed by atoms with Crippen molar-refractivity contribution in [1.82, 2.24) is 34.1 Å². The summed E-state index contributed by atoms with van der Waals surface area (Å²) in [6, 6.07) is 4.51. The molecule has 1 aromatic carbocycles. The lowest BCUT2D eigenvalue weighted by atomic mass is 9.61. The number of rotatable bonds is 7. The number of halogens is 4. The minimum absolute atomic E-state index is 0.00421. The molecule has 0 bridgehead atoms. The van der Waals surface area contributed by atoms with Gasteiger partial charge in [0.05, 0.1) is 54.6 Å². The van der Waals surface area contributed by atoms with Crippen molar-refractivity contribution in [2.24, 2.45) is 12.5 Å². The summed E-state index contributed by atoms with van der Waals surface area (Å²) in [5.74, 6) is -1.03. The third-order valence-corrected chi connectivity index (χ3v) is 11.5. The lowest BCUT2D eigenvalue weighted by Gasteiger charge is -2.48. The molecule has 4 aromatic rings. The number of nitrogens with zero attached hydrogens (tertiary/aromatic N) is 7. The standard InChI is InChI=1S/C28H25F4N7O4S2/c1-37-13-24(35-36-37)45(41,42)39(21-14-43-15-21)20-5-2-17-8-22-16(11-34-38(22)19-6-3-18(29)4-7-19)9-27(17,10-20)25(40)26-33-12-23(44-26)28(30,31)32/h3-4,6-8,11-13,20-21H,2,5,9-10,14-15H2,1H3/t20-,27-/m0/s1. The number of ether oxygens (including phenoxy) is 1. The molecule has 11 nitrogen and oxygen atoms in total. The van der Waals surface area contributed by atoms with E-state index >= 15 is 0 Å². The van der Waals surface area contributed by atoms with Crippen LogP contribution in [0.2, 0.25) is 0 Å². The minimum atomic E-state index is -4.68. The van der Waals surface area contributed by atoms with Gasteiger partial charge in [0, 0.05) is 13.1 Å². The fourth-order valence-electron chi connectivity index (χ4n) is 6.42. The van der Waals surface area contributed by atoms with Crippen molar-refractivity contribution in [2.45, 2.75) is 49.0 Å². The second-order valence-electron chi connectivity index (χ2n) is 11.4. The maximum Gasteiger partial charge on any atom is 0.427 e. The average Bonchev–Trinajstić information content (AvgIpc) is 3.73. The number of sulfonamides is 1. The van der Waals surface area contributed by atoms with E-state index in [0.717, 1.165) is 0 Å². The van der Waals surface area contributed by atoms with Crippen molar-refractivity contribution in [3.63, 3.8) is 0 Å². The van der Waals surface area contributed by atoms with Crippen LogP contribution >= 0.6 is 11.3 Å².